The Morgan fingerprint density at radius 1 is 1.42 bits per heavy atom. The molecule has 0 bridgehead atoms. The summed E-state index contributed by atoms with van der Waals surface area (Å²) in [4.78, 5) is 0. The van der Waals surface area contributed by atoms with Crippen LogP contribution in [0.5, 0.6) is 0 Å². The Kier molecular flexibility index (Phi) is 5.20. The molecule has 0 aliphatic heterocycles. The fourth-order valence-electron chi connectivity index (χ4n) is 2.70. The van der Waals surface area contributed by atoms with Crippen LogP contribution in [-0.4, -0.2) is 26.8 Å². The molecule has 2 nitrogen and oxygen atoms in total. The molecule has 1 N–H and O–H groups in total. The lowest BCUT2D eigenvalue weighted by atomic mass is 9.65. The number of hydrogen-bond acceptors (Lipinski definition) is 2. The Labute approximate surface area is 119 Å². The van der Waals surface area contributed by atoms with E-state index in [1.165, 1.54) is 12.5 Å². The first kappa shape index (κ1) is 14.8. The smallest absolute Gasteiger partial charge is 0.127 e. The zero-order valence-electron chi connectivity index (χ0n) is 11.3. The molecule has 1 aromatic carbocycles. The maximum absolute atomic E-state index is 13.9. The lowest BCUT2D eigenvalue weighted by Crippen LogP contribution is -2.42. The van der Waals surface area contributed by atoms with Crippen molar-refractivity contribution in [3.63, 3.8) is 0 Å². The molecule has 0 spiro atoms. The minimum Gasteiger partial charge on any atom is -0.383 e. The second-order valence-electron chi connectivity index (χ2n) is 5.40. The highest BCUT2D eigenvalue weighted by atomic mass is 35.5. The van der Waals surface area contributed by atoms with Gasteiger partial charge in [0, 0.05) is 30.8 Å². The largest absolute Gasteiger partial charge is 0.383 e. The summed E-state index contributed by atoms with van der Waals surface area (Å²) in [7, 11) is 1.69. The number of benzene rings is 1. The second-order valence-corrected chi connectivity index (χ2v) is 5.81. The average molecular weight is 286 g/mol. The average Bonchev–Trinajstić information content (AvgIpc) is 2.35. The van der Waals surface area contributed by atoms with Gasteiger partial charge >= 0.3 is 0 Å². The molecule has 0 aromatic heterocycles. The number of methoxy groups -OCH3 is 1. The van der Waals surface area contributed by atoms with Crippen LogP contribution in [0.3, 0.4) is 0 Å². The predicted octanol–water partition coefficient (Wildman–Crippen LogP) is 3.43. The van der Waals surface area contributed by atoms with Gasteiger partial charge in [-0.3, -0.25) is 0 Å². The second kappa shape index (κ2) is 6.69. The molecule has 4 heteroatoms. The van der Waals surface area contributed by atoms with Gasteiger partial charge in [0.25, 0.3) is 0 Å². The third-order valence-corrected chi connectivity index (χ3v) is 4.36. The van der Waals surface area contributed by atoms with Gasteiger partial charge in [-0.1, -0.05) is 24.1 Å². The minimum absolute atomic E-state index is 0.166. The molecule has 1 saturated carbocycles. The summed E-state index contributed by atoms with van der Waals surface area (Å²) in [6.07, 6.45) is 4.21. The standard InChI is InChI=1S/C15H21ClFNO/c1-19-9-8-18-11-15(6-3-7-15)10-12-13(16)4-2-5-14(12)17/h2,4-5,18H,3,6-11H2,1H3. The number of rotatable bonds is 7. The maximum Gasteiger partial charge on any atom is 0.127 e. The van der Waals surface area contributed by atoms with Crippen LogP contribution < -0.4 is 5.32 Å². The van der Waals surface area contributed by atoms with E-state index in [1.807, 2.05) is 0 Å². The van der Waals surface area contributed by atoms with Crippen LogP contribution in [0.2, 0.25) is 5.02 Å². The first-order valence-electron chi connectivity index (χ1n) is 6.79. The summed E-state index contributed by atoms with van der Waals surface area (Å²) in [6.45, 7) is 2.45. The fourth-order valence-corrected chi connectivity index (χ4v) is 2.93. The molecule has 1 aliphatic carbocycles. The molecule has 1 aliphatic rings. The van der Waals surface area contributed by atoms with E-state index < -0.39 is 0 Å². The summed E-state index contributed by atoms with van der Waals surface area (Å²) in [6, 6.07) is 4.92. The summed E-state index contributed by atoms with van der Waals surface area (Å²) < 4.78 is 18.9. The van der Waals surface area contributed by atoms with Crippen molar-refractivity contribution < 1.29 is 9.13 Å². The normalized spacial score (nSPS) is 17.2. The molecule has 0 atom stereocenters. The van der Waals surface area contributed by atoms with Crippen molar-refractivity contribution in [2.24, 2.45) is 5.41 Å². The van der Waals surface area contributed by atoms with Crippen molar-refractivity contribution >= 4 is 11.6 Å². The summed E-state index contributed by atoms with van der Waals surface area (Å²) in [5.74, 6) is -0.185. The summed E-state index contributed by atoms with van der Waals surface area (Å²) >= 11 is 6.12. The van der Waals surface area contributed by atoms with E-state index in [0.29, 0.717) is 17.2 Å². The molecule has 2 rings (SSSR count). The van der Waals surface area contributed by atoms with E-state index in [1.54, 1.807) is 19.2 Å². The molecule has 0 heterocycles. The van der Waals surface area contributed by atoms with E-state index in [9.17, 15) is 4.39 Å². The Bertz CT molecular complexity index is 400. The number of ether oxygens (including phenoxy) is 1. The van der Waals surface area contributed by atoms with Gasteiger partial charge in [0.2, 0.25) is 0 Å². The molecule has 0 amide bonds. The van der Waals surface area contributed by atoms with Gasteiger partial charge in [0.15, 0.2) is 0 Å². The monoisotopic (exact) mass is 285 g/mol. The van der Waals surface area contributed by atoms with Gasteiger partial charge in [0.1, 0.15) is 5.82 Å². The Morgan fingerprint density at radius 2 is 2.21 bits per heavy atom. The summed E-state index contributed by atoms with van der Waals surface area (Å²) in [5.41, 5.74) is 0.831. The van der Waals surface area contributed by atoms with Crippen molar-refractivity contribution in [3.8, 4) is 0 Å². The lowest BCUT2D eigenvalue weighted by Gasteiger charge is -2.42. The maximum atomic E-state index is 13.9. The highest BCUT2D eigenvalue weighted by Gasteiger charge is 2.37. The molecular weight excluding hydrogens is 265 g/mol. The van der Waals surface area contributed by atoms with Crippen LogP contribution in [0.4, 0.5) is 4.39 Å². The molecule has 0 unspecified atom stereocenters. The van der Waals surface area contributed by atoms with E-state index in [4.69, 9.17) is 16.3 Å². The molecule has 106 valence electrons. The molecule has 0 saturated heterocycles. The van der Waals surface area contributed by atoms with Crippen LogP contribution in [0, 0.1) is 11.2 Å². The summed E-state index contributed by atoms with van der Waals surface area (Å²) in [5, 5.41) is 3.94. The van der Waals surface area contributed by atoms with Crippen molar-refractivity contribution in [1.29, 1.82) is 0 Å². The Morgan fingerprint density at radius 3 is 2.79 bits per heavy atom. The first-order valence-corrected chi connectivity index (χ1v) is 7.17. The zero-order chi connectivity index (χ0) is 13.7. The lowest BCUT2D eigenvalue weighted by molar-refractivity contribution is 0.122. The van der Waals surface area contributed by atoms with Gasteiger partial charge in [-0.25, -0.2) is 4.39 Å². The van der Waals surface area contributed by atoms with E-state index in [0.717, 1.165) is 32.4 Å². The van der Waals surface area contributed by atoms with Gasteiger partial charge in [-0.2, -0.15) is 0 Å². The molecule has 1 fully saturated rings. The van der Waals surface area contributed by atoms with Crippen molar-refractivity contribution in [2.45, 2.75) is 25.7 Å². The van der Waals surface area contributed by atoms with Crippen LogP contribution in [-0.2, 0) is 11.2 Å². The quantitative estimate of drug-likeness (QED) is 0.775. The Balaban J connectivity index is 1.98. The van der Waals surface area contributed by atoms with Crippen molar-refractivity contribution in [2.75, 3.05) is 26.8 Å². The molecule has 0 radical (unpaired) electrons. The predicted molar refractivity (Wildman–Crippen MR) is 76.1 cm³/mol. The van der Waals surface area contributed by atoms with E-state index in [2.05, 4.69) is 5.32 Å². The topological polar surface area (TPSA) is 21.3 Å². The highest BCUT2D eigenvalue weighted by Crippen LogP contribution is 2.44. The van der Waals surface area contributed by atoms with Crippen molar-refractivity contribution in [3.05, 3.63) is 34.6 Å². The van der Waals surface area contributed by atoms with Crippen LogP contribution in [0.15, 0.2) is 18.2 Å². The number of hydrogen-bond donors (Lipinski definition) is 1. The highest BCUT2D eigenvalue weighted by molar-refractivity contribution is 6.31. The van der Waals surface area contributed by atoms with Gasteiger partial charge in [-0.15, -0.1) is 0 Å². The Hall–Kier alpha value is -0.640. The minimum atomic E-state index is -0.185. The first-order chi connectivity index (χ1) is 9.17. The number of nitrogens with one attached hydrogen (secondary N) is 1. The molecule has 1 aromatic rings. The van der Waals surface area contributed by atoms with E-state index in [-0.39, 0.29) is 11.2 Å². The third-order valence-electron chi connectivity index (χ3n) is 4.01. The zero-order valence-corrected chi connectivity index (χ0v) is 12.1. The molecule has 19 heavy (non-hydrogen) atoms. The van der Waals surface area contributed by atoms with Crippen molar-refractivity contribution in [1.82, 2.24) is 5.32 Å². The van der Waals surface area contributed by atoms with Gasteiger partial charge in [0.05, 0.1) is 6.61 Å². The van der Waals surface area contributed by atoms with Gasteiger partial charge in [-0.05, 0) is 36.8 Å². The van der Waals surface area contributed by atoms with E-state index >= 15 is 0 Å². The van der Waals surface area contributed by atoms with Crippen LogP contribution >= 0.6 is 11.6 Å². The third kappa shape index (κ3) is 3.68. The van der Waals surface area contributed by atoms with Gasteiger partial charge < -0.3 is 10.1 Å². The number of halogens is 2. The molecular formula is C15H21ClFNO. The SMILES string of the molecule is COCCNCC1(Cc2c(F)cccc2Cl)CCC1. The van der Waals surface area contributed by atoms with Crippen LogP contribution in [0.25, 0.3) is 0 Å². The van der Waals surface area contributed by atoms with Crippen LogP contribution in [0.1, 0.15) is 24.8 Å². The fraction of sp³-hybridized carbons (Fsp3) is 0.600.